The standard InChI is InChI=1S/C4H4O4.2C3H10Si/c5-3(6)1-2-4(7)8;2*1-4(2)3/h1-2H,(H,5,6)(H,7,8);2*4H,1-3H3/b2-1-;;. The molecule has 0 rings (SSSR count). The third-order valence-electron chi connectivity index (χ3n) is 0.368. The Morgan fingerprint density at radius 2 is 0.875 bits per heavy atom. The molecule has 0 aliphatic heterocycles. The van der Waals surface area contributed by atoms with E-state index < -0.39 is 11.9 Å². The van der Waals surface area contributed by atoms with Crippen LogP contribution >= 0.6 is 0 Å². The van der Waals surface area contributed by atoms with E-state index in [4.69, 9.17) is 10.2 Å². The second-order valence-electron chi connectivity index (χ2n) is 4.47. The first-order valence-electron chi connectivity index (χ1n) is 5.23. The highest BCUT2D eigenvalue weighted by Gasteiger charge is 1.88. The highest BCUT2D eigenvalue weighted by atomic mass is 28.3. The Morgan fingerprint density at radius 3 is 0.938 bits per heavy atom. The van der Waals surface area contributed by atoms with Gasteiger partial charge in [0.1, 0.15) is 0 Å². The minimum atomic E-state index is -1.26. The molecule has 96 valence electrons. The monoisotopic (exact) mass is 264 g/mol. The third-order valence-corrected chi connectivity index (χ3v) is 0.368. The lowest BCUT2D eigenvalue weighted by molar-refractivity contribution is -0.134. The molecule has 0 saturated carbocycles. The van der Waals surface area contributed by atoms with Crippen LogP contribution in [-0.4, -0.2) is 39.7 Å². The normalized spacial score (nSPS) is 9.25. The van der Waals surface area contributed by atoms with Crippen LogP contribution in [0.4, 0.5) is 0 Å². The lowest BCUT2D eigenvalue weighted by Crippen LogP contribution is -1.91. The van der Waals surface area contributed by atoms with Gasteiger partial charge >= 0.3 is 11.9 Å². The van der Waals surface area contributed by atoms with E-state index in [2.05, 4.69) is 39.3 Å². The van der Waals surface area contributed by atoms with Crippen molar-refractivity contribution in [2.45, 2.75) is 39.3 Å². The van der Waals surface area contributed by atoms with Gasteiger partial charge in [-0.2, -0.15) is 0 Å². The van der Waals surface area contributed by atoms with Gasteiger partial charge in [-0.1, -0.05) is 39.3 Å². The molecular formula is C10H24O4Si2. The van der Waals surface area contributed by atoms with Gasteiger partial charge < -0.3 is 10.2 Å². The maximum atomic E-state index is 9.55. The van der Waals surface area contributed by atoms with Gasteiger partial charge in [0.15, 0.2) is 0 Å². The Bertz CT molecular complexity index is 185. The smallest absolute Gasteiger partial charge is 0.328 e. The van der Waals surface area contributed by atoms with Crippen molar-refractivity contribution in [2.75, 3.05) is 0 Å². The average molecular weight is 264 g/mol. The first kappa shape index (κ1) is 20.5. The van der Waals surface area contributed by atoms with E-state index in [0.29, 0.717) is 12.2 Å². The van der Waals surface area contributed by atoms with Crippen molar-refractivity contribution in [2.24, 2.45) is 0 Å². The molecule has 0 atom stereocenters. The van der Waals surface area contributed by atoms with Crippen molar-refractivity contribution in [3.05, 3.63) is 12.2 Å². The van der Waals surface area contributed by atoms with Crippen LogP contribution in [0, 0.1) is 0 Å². The first-order valence-corrected chi connectivity index (χ1v) is 12.2. The van der Waals surface area contributed by atoms with Gasteiger partial charge in [0.25, 0.3) is 0 Å². The molecule has 0 amide bonds. The predicted octanol–water partition coefficient (Wildman–Crippen LogP) is 1.92. The van der Waals surface area contributed by atoms with Crippen LogP contribution < -0.4 is 0 Å². The molecule has 0 spiro atoms. The molecule has 0 aliphatic rings. The summed E-state index contributed by atoms with van der Waals surface area (Å²) in [7, 11) is -0.278. The van der Waals surface area contributed by atoms with Crippen LogP contribution in [0.1, 0.15) is 0 Å². The summed E-state index contributed by atoms with van der Waals surface area (Å²) < 4.78 is 0. The van der Waals surface area contributed by atoms with Crippen LogP contribution in [0.15, 0.2) is 12.2 Å². The van der Waals surface area contributed by atoms with E-state index in [-0.39, 0.29) is 17.6 Å². The molecule has 6 heteroatoms. The van der Waals surface area contributed by atoms with Gasteiger partial charge in [-0.25, -0.2) is 9.59 Å². The van der Waals surface area contributed by atoms with E-state index in [1.165, 1.54) is 0 Å². The van der Waals surface area contributed by atoms with Crippen molar-refractivity contribution in [3.8, 4) is 0 Å². The summed E-state index contributed by atoms with van der Waals surface area (Å²) >= 11 is 0. The highest BCUT2D eigenvalue weighted by molar-refractivity contribution is 6.54. The zero-order chi connectivity index (χ0) is 13.7. The molecule has 0 radical (unpaired) electrons. The molecule has 0 unspecified atom stereocenters. The fourth-order valence-corrected chi connectivity index (χ4v) is 0.143. The summed E-state index contributed by atoms with van der Waals surface area (Å²) in [5.41, 5.74) is 0. The Kier molecular flexibility index (Phi) is 18.1. The van der Waals surface area contributed by atoms with Crippen LogP contribution in [0.25, 0.3) is 0 Å². The number of hydrogen-bond acceptors (Lipinski definition) is 2. The van der Waals surface area contributed by atoms with Crippen molar-refractivity contribution in [1.29, 1.82) is 0 Å². The highest BCUT2D eigenvalue weighted by Crippen LogP contribution is 1.70. The summed E-state index contributed by atoms with van der Waals surface area (Å²) in [5.74, 6) is -2.51. The number of carboxylic acid groups (broad SMARTS) is 2. The van der Waals surface area contributed by atoms with E-state index in [1.807, 2.05) is 0 Å². The molecular weight excluding hydrogens is 240 g/mol. The lowest BCUT2D eigenvalue weighted by atomic mass is 10.5. The molecule has 16 heavy (non-hydrogen) atoms. The number of carbonyl (C=O) groups is 2. The third kappa shape index (κ3) is 114. The molecule has 0 saturated heterocycles. The Morgan fingerprint density at radius 1 is 0.750 bits per heavy atom. The molecule has 0 bridgehead atoms. The topological polar surface area (TPSA) is 74.6 Å². The summed E-state index contributed by atoms with van der Waals surface area (Å²) in [4.78, 5) is 19.1. The maximum absolute atomic E-state index is 9.55. The average Bonchev–Trinajstić information content (AvgIpc) is 1.98. The van der Waals surface area contributed by atoms with Crippen molar-refractivity contribution < 1.29 is 19.8 Å². The van der Waals surface area contributed by atoms with E-state index >= 15 is 0 Å². The predicted molar refractivity (Wildman–Crippen MR) is 73.9 cm³/mol. The molecule has 0 heterocycles. The van der Waals surface area contributed by atoms with Gasteiger partial charge in [0.2, 0.25) is 0 Å². The zero-order valence-corrected chi connectivity index (χ0v) is 13.3. The zero-order valence-electron chi connectivity index (χ0n) is 11.0. The minimum Gasteiger partial charge on any atom is -0.478 e. The molecule has 4 nitrogen and oxygen atoms in total. The largest absolute Gasteiger partial charge is 0.478 e. The summed E-state index contributed by atoms with van der Waals surface area (Å²) in [6.07, 6.45) is 1.12. The molecule has 0 aromatic rings. The minimum absolute atomic E-state index is 0.139. The van der Waals surface area contributed by atoms with Gasteiger partial charge in [-0.15, -0.1) is 0 Å². The molecule has 0 fully saturated rings. The van der Waals surface area contributed by atoms with Gasteiger partial charge in [0.05, 0.1) is 0 Å². The Balaban J connectivity index is -0.000000179. The molecule has 0 aliphatic carbocycles. The number of carboxylic acids is 2. The fourth-order valence-electron chi connectivity index (χ4n) is 0.143. The second-order valence-corrected chi connectivity index (χ2v) is 11.4. The number of aliphatic carboxylic acids is 2. The Hall–Kier alpha value is -0.886. The van der Waals surface area contributed by atoms with Crippen molar-refractivity contribution in [3.63, 3.8) is 0 Å². The first-order chi connectivity index (χ1) is 7.09. The molecule has 0 aromatic carbocycles. The van der Waals surface area contributed by atoms with Crippen LogP contribution in [0.5, 0.6) is 0 Å². The van der Waals surface area contributed by atoms with Crippen molar-refractivity contribution >= 4 is 29.5 Å². The number of hydrogen-bond donors (Lipinski definition) is 2. The quantitative estimate of drug-likeness (QED) is 0.590. The van der Waals surface area contributed by atoms with Gasteiger partial charge in [-0.05, 0) is 0 Å². The second kappa shape index (κ2) is 14.1. The van der Waals surface area contributed by atoms with Crippen molar-refractivity contribution in [1.82, 2.24) is 0 Å². The van der Waals surface area contributed by atoms with E-state index in [9.17, 15) is 9.59 Å². The Labute approximate surface area is 101 Å². The van der Waals surface area contributed by atoms with Crippen LogP contribution in [-0.2, 0) is 9.59 Å². The van der Waals surface area contributed by atoms with Gasteiger partial charge in [-0.3, -0.25) is 0 Å². The fraction of sp³-hybridized carbons (Fsp3) is 0.600. The maximum Gasteiger partial charge on any atom is 0.328 e. The van der Waals surface area contributed by atoms with Crippen LogP contribution in [0.3, 0.4) is 0 Å². The van der Waals surface area contributed by atoms with E-state index in [0.717, 1.165) is 0 Å². The summed E-state index contributed by atoms with van der Waals surface area (Å²) in [6.45, 7) is 13.8. The SMILES string of the molecule is C[SiH](C)C.C[SiH](C)C.O=C(O)/C=C\C(=O)O. The molecule has 0 aromatic heterocycles. The van der Waals surface area contributed by atoms with Crippen LogP contribution in [0.2, 0.25) is 39.3 Å². The van der Waals surface area contributed by atoms with Gasteiger partial charge in [0, 0.05) is 29.7 Å². The summed E-state index contributed by atoms with van der Waals surface area (Å²) in [5, 5.41) is 15.6. The number of rotatable bonds is 2. The van der Waals surface area contributed by atoms with E-state index in [1.54, 1.807) is 0 Å². The lowest BCUT2D eigenvalue weighted by Gasteiger charge is -1.75. The summed E-state index contributed by atoms with van der Waals surface area (Å²) in [6, 6.07) is 0. The molecule has 2 N–H and O–H groups in total.